The van der Waals surface area contributed by atoms with E-state index in [1.807, 2.05) is 0 Å². The van der Waals surface area contributed by atoms with Crippen molar-refractivity contribution in [3.05, 3.63) is 0 Å². The maximum absolute atomic E-state index is 6.03. The van der Waals surface area contributed by atoms with Crippen LogP contribution >= 0.6 is 0 Å². The molecule has 0 aromatic rings. The Morgan fingerprint density at radius 2 is 0.917 bits per heavy atom. The van der Waals surface area contributed by atoms with Crippen LogP contribution in [0.5, 0.6) is 0 Å². The van der Waals surface area contributed by atoms with Crippen LogP contribution in [0, 0.1) is 0 Å². The Balaban J connectivity index is 3.24. The van der Waals surface area contributed by atoms with E-state index in [9.17, 15) is 0 Å². The molecule has 0 aromatic heterocycles. The van der Waals surface area contributed by atoms with Crippen LogP contribution in [0.3, 0.4) is 0 Å². The van der Waals surface area contributed by atoms with Gasteiger partial charge in [-0.1, -0.05) is 20.8 Å². The fraction of sp³-hybridized carbons (Fsp3) is 1.00. The van der Waals surface area contributed by atoms with Crippen LogP contribution in [0.4, 0.5) is 0 Å². The van der Waals surface area contributed by atoms with E-state index in [1.54, 1.807) is 7.11 Å². The van der Waals surface area contributed by atoms with Crippen LogP contribution in [-0.2, 0) is 28.1 Å². The number of hydrogen-bond acceptors (Lipinski definition) is 6. The second-order valence-corrected chi connectivity index (χ2v) is 11.9. The molecule has 6 nitrogen and oxygen atoms in total. The largest absolute Gasteiger partial charge is 0.414 e. The number of methoxy groups -OCH3 is 1. The molecule has 0 fully saturated rings. The van der Waals surface area contributed by atoms with Crippen molar-refractivity contribution in [1.82, 2.24) is 0 Å². The summed E-state index contributed by atoms with van der Waals surface area (Å²) in [5, 5.41) is 0.241. The number of rotatable bonds is 16. The van der Waals surface area contributed by atoms with E-state index in [0.717, 1.165) is 0 Å². The van der Waals surface area contributed by atoms with Gasteiger partial charge in [-0.05, 0) is 18.1 Å². The van der Waals surface area contributed by atoms with Crippen LogP contribution in [0.2, 0.25) is 18.1 Å². The molecular weight excluding hydrogens is 328 g/mol. The van der Waals surface area contributed by atoms with E-state index < -0.39 is 8.32 Å². The van der Waals surface area contributed by atoms with Gasteiger partial charge in [0.1, 0.15) is 0 Å². The lowest BCUT2D eigenvalue weighted by Crippen LogP contribution is -2.41. The molecule has 0 N–H and O–H groups in total. The summed E-state index contributed by atoms with van der Waals surface area (Å²) in [4.78, 5) is 0. The van der Waals surface area contributed by atoms with Crippen LogP contribution in [0.15, 0.2) is 0 Å². The predicted octanol–water partition coefficient (Wildman–Crippen LogP) is 2.72. The van der Waals surface area contributed by atoms with E-state index in [2.05, 4.69) is 33.9 Å². The maximum Gasteiger partial charge on any atom is 0.192 e. The molecule has 0 aromatic carbocycles. The molecule has 0 spiro atoms. The summed E-state index contributed by atoms with van der Waals surface area (Å²) < 4.78 is 32.5. The topological polar surface area (TPSA) is 55.4 Å². The Kier molecular flexibility index (Phi) is 14.2. The highest BCUT2D eigenvalue weighted by Crippen LogP contribution is 2.36. The second-order valence-electron chi connectivity index (χ2n) is 7.05. The number of hydrogen-bond donors (Lipinski definition) is 0. The van der Waals surface area contributed by atoms with Gasteiger partial charge >= 0.3 is 0 Å². The molecule has 0 heterocycles. The molecule has 7 heteroatoms. The molecule has 0 amide bonds. The molecule has 0 unspecified atom stereocenters. The van der Waals surface area contributed by atoms with E-state index in [1.165, 1.54) is 0 Å². The van der Waals surface area contributed by atoms with Gasteiger partial charge in [0.15, 0.2) is 8.32 Å². The molecule has 0 aliphatic rings. The van der Waals surface area contributed by atoms with Crippen molar-refractivity contribution in [2.24, 2.45) is 0 Å². The van der Waals surface area contributed by atoms with Crippen LogP contribution in [-0.4, -0.2) is 81.5 Å². The zero-order valence-electron chi connectivity index (χ0n) is 16.5. The maximum atomic E-state index is 6.03. The third-order valence-electron chi connectivity index (χ3n) is 4.04. The Labute approximate surface area is 149 Å². The molecule has 0 saturated carbocycles. The van der Waals surface area contributed by atoms with Gasteiger partial charge in [-0.15, -0.1) is 0 Å². The first-order valence-corrected chi connectivity index (χ1v) is 11.7. The van der Waals surface area contributed by atoms with Crippen molar-refractivity contribution in [3.63, 3.8) is 0 Å². The Hall–Kier alpha value is -0.0231. The van der Waals surface area contributed by atoms with Crippen LogP contribution < -0.4 is 0 Å². The first kappa shape index (κ1) is 24.0. The minimum Gasteiger partial charge on any atom is -0.414 e. The molecule has 0 aliphatic carbocycles. The zero-order chi connectivity index (χ0) is 18.3. The summed E-state index contributed by atoms with van der Waals surface area (Å²) in [6.45, 7) is 17.2. The van der Waals surface area contributed by atoms with Gasteiger partial charge in [0.05, 0.1) is 66.1 Å². The minimum absolute atomic E-state index is 0.241. The highest BCUT2D eigenvalue weighted by molar-refractivity contribution is 6.74. The summed E-state index contributed by atoms with van der Waals surface area (Å²) in [6, 6.07) is 0. The lowest BCUT2D eigenvalue weighted by atomic mass is 10.2. The summed E-state index contributed by atoms with van der Waals surface area (Å²) in [5.41, 5.74) is 0. The first-order valence-electron chi connectivity index (χ1n) is 8.75. The Bertz CT molecular complexity index is 281. The monoisotopic (exact) mass is 366 g/mol. The average molecular weight is 367 g/mol. The summed E-state index contributed by atoms with van der Waals surface area (Å²) in [6.07, 6.45) is 0. The molecule has 0 saturated heterocycles. The van der Waals surface area contributed by atoms with Crippen molar-refractivity contribution >= 4 is 8.32 Å². The fourth-order valence-corrected chi connectivity index (χ4v) is 2.50. The summed E-state index contributed by atoms with van der Waals surface area (Å²) >= 11 is 0. The highest BCUT2D eigenvalue weighted by Gasteiger charge is 2.36. The third-order valence-corrected chi connectivity index (χ3v) is 8.58. The quantitative estimate of drug-likeness (QED) is 0.309. The third kappa shape index (κ3) is 13.3. The molecular formula is C17H38O6Si. The molecule has 0 atom stereocenters. The second kappa shape index (κ2) is 14.2. The molecule has 146 valence electrons. The Morgan fingerprint density at radius 3 is 1.25 bits per heavy atom. The van der Waals surface area contributed by atoms with Crippen LogP contribution in [0.25, 0.3) is 0 Å². The first-order chi connectivity index (χ1) is 11.3. The van der Waals surface area contributed by atoms with E-state index >= 15 is 0 Å². The summed E-state index contributed by atoms with van der Waals surface area (Å²) in [7, 11) is 0.000256. The van der Waals surface area contributed by atoms with Gasteiger partial charge in [-0.2, -0.15) is 0 Å². The van der Waals surface area contributed by atoms with Crippen molar-refractivity contribution in [2.75, 3.05) is 73.2 Å². The molecule has 0 aliphatic heterocycles. The summed E-state index contributed by atoms with van der Waals surface area (Å²) in [5.74, 6) is 0. The zero-order valence-corrected chi connectivity index (χ0v) is 17.5. The fourth-order valence-electron chi connectivity index (χ4n) is 1.48. The normalized spacial score (nSPS) is 12.8. The van der Waals surface area contributed by atoms with Crippen molar-refractivity contribution in [1.29, 1.82) is 0 Å². The van der Waals surface area contributed by atoms with Crippen molar-refractivity contribution < 1.29 is 28.1 Å². The van der Waals surface area contributed by atoms with E-state index in [0.29, 0.717) is 66.1 Å². The minimum atomic E-state index is -1.65. The SMILES string of the molecule is COCCOCCOCCOCCOCCO[Si](C)(C)C(C)(C)C. The van der Waals surface area contributed by atoms with Gasteiger partial charge < -0.3 is 28.1 Å². The van der Waals surface area contributed by atoms with Gasteiger partial charge in [0.2, 0.25) is 0 Å². The predicted molar refractivity (Wildman–Crippen MR) is 98.3 cm³/mol. The molecule has 0 rings (SSSR count). The van der Waals surface area contributed by atoms with Gasteiger partial charge in [0, 0.05) is 7.11 Å². The van der Waals surface area contributed by atoms with Gasteiger partial charge in [0.25, 0.3) is 0 Å². The van der Waals surface area contributed by atoms with Gasteiger partial charge in [-0.25, -0.2) is 0 Å². The highest BCUT2D eigenvalue weighted by atomic mass is 28.4. The van der Waals surface area contributed by atoms with E-state index in [4.69, 9.17) is 28.1 Å². The smallest absolute Gasteiger partial charge is 0.192 e. The van der Waals surface area contributed by atoms with Crippen LogP contribution in [0.1, 0.15) is 20.8 Å². The standard InChI is InChI=1S/C17H38O6Si/c1-17(2,3)24(5,6)23-16-15-22-14-13-21-12-11-20-10-9-19-8-7-18-4/h7-16H2,1-6H3. The Morgan fingerprint density at radius 1 is 0.583 bits per heavy atom. The molecule has 0 bridgehead atoms. The number of ether oxygens (including phenoxy) is 5. The van der Waals surface area contributed by atoms with Crippen molar-refractivity contribution in [3.8, 4) is 0 Å². The average Bonchev–Trinajstić information content (AvgIpc) is 2.50. The lowest BCUT2D eigenvalue weighted by molar-refractivity contribution is -0.0101. The lowest BCUT2D eigenvalue weighted by Gasteiger charge is -2.36. The molecule has 24 heavy (non-hydrogen) atoms. The van der Waals surface area contributed by atoms with E-state index in [-0.39, 0.29) is 5.04 Å². The molecule has 0 radical (unpaired) electrons. The van der Waals surface area contributed by atoms with Gasteiger partial charge in [-0.3, -0.25) is 0 Å². The van der Waals surface area contributed by atoms with Crippen molar-refractivity contribution in [2.45, 2.75) is 38.9 Å².